The normalized spacial score (nSPS) is 13.0. The summed E-state index contributed by atoms with van der Waals surface area (Å²) in [7, 11) is 0. The van der Waals surface area contributed by atoms with Crippen LogP contribution in [0.2, 0.25) is 0 Å². The monoisotopic (exact) mass is 375 g/mol. The van der Waals surface area contributed by atoms with Crippen molar-refractivity contribution in [1.82, 2.24) is 20.8 Å². The van der Waals surface area contributed by atoms with Crippen molar-refractivity contribution in [3.8, 4) is 0 Å². The maximum Gasteiger partial charge on any atom is 0.326 e. The summed E-state index contributed by atoms with van der Waals surface area (Å²) in [6.07, 6.45) is 2.87. The van der Waals surface area contributed by atoms with E-state index in [1.807, 2.05) is 11.6 Å². The van der Waals surface area contributed by atoms with Crippen LogP contribution >= 0.6 is 11.8 Å². The Labute approximate surface area is 147 Å². The van der Waals surface area contributed by atoms with Crippen LogP contribution in [0.5, 0.6) is 0 Å². The first-order chi connectivity index (χ1) is 11.8. The van der Waals surface area contributed by atoms with E-state index in [1.54, 1.807) is 11.8 Å². The van der Waals surface area contributed by atoms with E-state index in [0.717, 1.165) is 12.2 Å². The quantitative estimate of drug-likeness (QED) is 0.329. The number of carboxylic acids is 2. The fourth-order valence-electron chi connectivity index (χ4n) is 1.81. The summed E-state index contributed by atoms with van der Waals surface area (Å²) in [5.41, 5.74) is 5.94. The van der Waals surface area contributed by atoms with E-state index in [4.69, 9.17) is 20.5 Å². The average molecular weight is 375 g/mol. The molecule has 0 aromatic carbocycles. The zero-order chi connectivity index (χ0) is 18.8. The van der Waals surface area contributed by atoms with Gasteiger partial charge in [-0.2, -0.15) is 16.7 Å². The first kappa shape index (κ1) is 20.7. The number of carbonyl (C=O) groups is 3. The molecule has 25 heavy (non-hydrogen) atoms. The number of amides is 2. The molecule has 2 atom stereocenters. The Hall–Kier alpha value is -2.34. The largest absolute Gasteiger partial charge is 0.481 e. The van der Waals surface area contributed by atoms with Crippen molar-refractivity contribution in [2.75, 3.05) is 12.0 Å². The van der Waals surface area contributed by atoms with Crippen LogP contribution in [-0.4, -0.2) is 56.4 Å². The Bertz CT molecular complexity index is 595. The van der Waals surface area contributed by atoms with Crippen molar-refractivity contribution in [3.05, 3.63) is 11.7 Å². The molecule has 0 aliphatic carbocycles. The molecule has 0 aliphatic rings. The minimum absolute atomic E-state index is 0.107. The van der Waals surface area contributed by atoms with Gasteiger partial charge in [0.1, 0.15) is 6.04 Å². The molecule has 0 bridgehead atoms. The third kappa shape index (κ3) is 7.85. The summed E-state index contributed by atoms with van der Waals surface area (Å²) >= 11 is 1.71. The molecule has 0 saturated heterocycles. The van der Waals surface area contributed by atoms with Crippen molar-refractivity contribution < 1.29 is 29.1 Å². The summed E-state index contributed by atoms with van der Waals surface area (Å²) in [4.78, 5) is 37.1. The smallest absolute Gasteiger partial charge is 0.326 e. The number of aromatic nitrogens is 2. The SMILES string of the molecule is CSCCC[C@H](N)c1noc(CNC(=O)N[C@@H](CC(=O)O)C(=O)O)n1. The number of nitrogens with one attached hydrogen (secondary N) is 2. The highest BCUT2D eigenvalue weighted by Gasteiger charge is 2.23. The topological polar surface area (TPSA) is 181 Å². The molecule has 2 amide bonds. The molecule has 140 valence electrons. The van der Waals surface area contributed by atoms with E-state index >= 15 is 0 Å². The molecule has 1 heterocycles. The van der Waals surface area contributed by atoms with Crippen LogP contribution in [0.1, 0.15) is 37.0 Å². The molecule has 1 aromatic heterocycles. The van der Waals surface area contributed by atoms with E-state index in [0.29, 0.717) is 12.2 Å². The lowest BCUT2D eigenvalue weighted by Gasteiger charge is -2.12. The molecule has 0 aliphatic heterocycles. The minimum atomic E-state index is -1.54. The Morgan fingerprint density at radius 2 is 2.08 bits per heavy atom. The van der Waals surface area contributed by atoms with Gasteiger partial charge in [-0.3, -0.25) is 4.79 Å². The highest BCUT2D eigenvalue weighted by Crippen LogP contribution is 2.14. The second kappa shape index (κ2) is 10.5. The summed E-state index contributed by atoms with van der Waals surface area (Å²) < 4.78 is 4.96. The summed E-state index contributed by atoms with van der Waals surface area (Å²) in [5, 5.41) is 25.5. The van der Waals surface area contributed by atoms with Gasteiger partial charge in [-0.05, 0) is 24.9 Å². The van der Waals surface area contributed by atoms with Gasteiger partial charge in [0.2, 0.25) is 5.89 Å². The first-order valence-electron chi connectivity index (χ1n) is 7.39. The van der Waals surface area contributed by atoms with E-state index in [2.05, 4.69) is 15.5 Å². The number of rotatable bonds is 11. The van der Waals surface area contributed by atoms with Crippen LogP contribution < -0.4 is 16.4 Å². The molecular formula is C13H21N5O6S. The molecule has 1 aromatic rings. The van der Waals surface area contributed by atoms with Crippen molar-refractivity contribution >= 4 is 29.7 Å². The number of aliphatic carboxylic acids is 2. The van der Waals surface area contributed by atoms with Crippen LogP contribution in [0, 0.1) is 0 Å². The van der Waals surface area contributed by atoms with Gasteiger partial charge in [0, 0.05) is 0 Å². The lowest BCUT2D eigenvalue weighted by molar-refractivity contribution is -0.145. The molecule has 0 fully saturated rings. The molecular weight excluding hydrogens is 354 g/mol. The zero-order valence-electron chi connectivity index (χ0n) is 13.6. The van der Waals surface area contributed by atoms with E-state index in [1.165, 1.54) is 0 Å². The minimum Gasteiger partial charge on any atom is -0.481 e. The molecule has 0 unspecified atom stereocenters. The van der Waals surface area contributed by atoms with Crippen LogP contribution in [0.4, 0.5) is 4.79 Å². The number of hydrogen-bond donors (Lipinski definition) is 5. The predicted molar refractivity (Wildman–Crippen MR) is 87.9 cm³/mol. The van der Waals surface area contributed by atoms with Crippen LogP contribution in [0.15, 0.2) is 4.52 Å². The molecule has 12 heteroatoms. The molecule has 0 saturated carbocycles. The lowest BCUT2D eigenvalue weighted by atomic mass is 10.2. The Morgan fingerprint density at radius 1 is 1.36 bits per heavy atom. The zero-order valence-corrected chi connectivity index (χ0v) is 14.4. The standard InChI is InChI=1S/C13H21N5O6S/c1-25-4-2-3-7(14)11-17-9(24-18-11)6-15-13(23)16-8(12(21)22)5-10(19)20/h7-8H,2-6,14H2,1H3,(H,19,20)(H,21,22)(H2,15,16,23)/t7-,8-/m0/s1. The fourth-order valence-corrected chi connectivity index (χ4v) is 2.26. The van der Waals surface area contributed by atoms with Gasteiger partial charge in [0.25, 0.3) is 0 Å². The highest BCUT2D eigenvalue weighted by atomic mass is 32.2. The van der Waals surface area contributed by atoms with E-state index in [-0.39, 0.29) is 18.5 Å². The van der Waals surface area contributed by atoms with E-state index < -0.39 is 30.4 Å². The molecule has 6 N–H and O–H groups in total. The Balaban J connectivity index is 2.45. The maximum atomic E-state index is 11.6. The van der Waals surface area contributed by atoms with Gasteiger partial charge in [-0.25, -0.2) is 9.59 Å². The van der Waals surface area contributed by atoms with Gasteiger partial charge in [0.15, 0.2) is 5.82 Å². The number of urea groups is 1. The first-order valence-corrected chi connectivity index (χ1v) is 8.78. The van der Waals surface area contributed by atoms with Crippen LogP contribution in [0.3, 0.4) is 0 Å². The summed E-state index contributed by atoms with van der Waals surface area (Å²) in [5.74, 6) is -1.39. The summed E-state index contributed by atoms with van der Waals surface area (Å²) in [6.45, 7) is -0.143. The van der Waals surface area contributed by atoms with Gasteiger partial charge in [0.05, 0.1) is 19.0 Å². The number of nitrogens with zero attached hydrogens (tertiary/aromatic N) is 2. The third-order valence-electron chi connectivity index (χ3n) is 3.06. The molecule has 0 spiro atoms. The second-order valence-corrected chi connectivity index (χ2v) is 6.09. The van der Waals surface area contributed by atoms with Crippen molar-refractivity contribution in [1.29, 1.82) is 0 Å². The molecule has 0 radical (unpaired) electrons. The van der Waals surface area contributed by atoms with Crippen molar-refractivity contribution in [2.45, 2.75) is 37.9 Å². The van der Waals surface area contributed by atoms with Crippen LogP contribution in [-0.2, 0) is 16.1 Å². The Morgan fingerprint density at radius 3 is 2.68 bits per heavy atom. The summed E-state index contributed by atoms with van der Waals surface area (Å²) in [6, 6.07) is -2.77. The number of carboxylic acid groups (broad SMARTS) is 2. The van der Waals surface area contributed by atoms with Crippen LogP contribution in [0.25, 0.3) is 0 Å². The average Bonchev–Trinajstić information content (AvgIpc) is 3.01. The van der Waals surface area contributed by atoms with Crippen molar-refractivity contribution in [3.63, 3.8) is 0 Å². The third-order valence-corrected chi connectivity index (χ3v) is 3.76. The fraction of sp³-hybridized carbons (Fsp3) is 0.615. The van der Waals surface area contributed by atoms with Gasteiger partial charge < -0.3 is 31.1 Å². The number of carbonyl (C=O) groups excluding carboxylic acids is 1. The number of nitrogens with two attached hydrogens (primary N) is 1. The maximum absolute atomic E-state index is 11.6. The van der Waals surface area contributed by atoms with Gasteiger partial charge >= 0.3 is 18.0 Å². The van der Waals surface area contributed by atoms with Gasteiger partial charge in [-0.15, -0.1) is 0 Å². The molecule has 11 nitrogen and oxygen atoms in total. The van der Waals surface area contributed by atoms with E-state index in [9.17, 15) is 14.4 Å². The van der Waals surface area contributed by atoms with Gasteiger partial charge in [-0.1, -0.05) is 5.16 Å². The number of thioether (sulfide) groups is 1. The lowest BCUT2D eigenvalue weighted by Crippen LogP contribution is -2.46. The van der Waals surface area contributed by atoms with Crippen molar-refractivity contribution in [2.24, 2.45) is 5.73 Å². The highest BCUT2D eigenvalue weighted by molar-refractivity contribution is 7.98. The predicted octanol–water partition coefficient (Wildman–Crippen LogP) is -0.0603. The Kier molecular flexibility index (Phi) is 8.70. The number of hydrogen-bond acceptors (Lipinski definition) is 8. The second-order valence-electron chi connectivity index (χ2n) is 5.10. The molecule has 1 rings (SSSR count).